The van der Waals surface area contributed by atoms with E-state index in [1.807, 2.05) is 26.0 Å². The van der Waals surface area contributed by atoms with E-state index in [1.54, 1.807) is 13.3 Å². The second-order valence-corrected chi connectivity index (χ2v) is 5.74. The van der Waals surface area contributed by atoms with Gasteiger partial charge >= 0.3 is 0 Å². The fourth-order valence-corrected chi connectivity index (χ4v) is 1.96. The van der Waals surface area contributed by atoms with Gasteiger partial charge in [0.1, 0.15) is 0 Å². The summed E-state index contributed by atoms with van der Waals surface area (Å²) in [5.41, 5.74) is 0.781. The summed E-state index contributed by atoms with van der Waals surface area (Å²) in [6, 6.07) is 4.17. The molecular weight excluding hydrogens is 240 g/mol. The molecule has 1 atom stereocenters. The molecule has 0 radical (unpaired) electrons. The van der Waals surface area contributed by atoms with Crippen molar-refractivity contribution in [3.63, 3.8) is 0 Å². The largest absolute Gasteiger partial charge is 0.473 e. The first-order chi connectivity index (χ1) is 8.84. The lowest BCUT2D eigenvalue weighted by Crippen LogP contribution is -2.31. The number of rotatable bonds is 7. The zero-order valence-electron chi connectivity index (χ0n) is 12.9. The zero-order chi connectivity index (χ0) is 14.5. The lowest BCUT2D eigenvalue weighted by molar-refractivity contribution is 0.0127. The van der Waals surface area contributed by atoms with Gasteiger partial charge in [-0.25, -0.2) is 4.98 Å². The summed E-state index contributed by atoms with van der Waals surface area (Å²) in [5, 5.41) is 3.44. The number of methoxy groups -OCH3 is 1. The van der Waals surface area contributed by atoms with Gasteiger partial charge in [-0.1, -0.05) is 0 Å². The number of nitrogens with zero attached hydrogens (tertiary/aromatic N) is 1. The lowest BCUT2D eigenvalue weighted by Gasteiger charge is -2.28. The van der Waals surface area contributed by atoms with Crippen molar-refractivity contribution in [2.45, 2.75) is 58.8 Å². The molecule has 1 heterocycles. The molecule has 108 valence electrons. The van der Waals surface area contributed by atoms with Crippen molar-refractivity contribution < 1.29 is 9.47 Å². The molecule has 0 aliphatic rings. The highest BCUT2D eigenvalue weighted by Crippen LogP contribution is 2.25. The van der Waals surface area contributed by atoms with E-state index in [9.17, 15) is 0 Å². The summed E-state index contributed by atoms with van der Waals surface area (Å²) in [5.74, 6) is 0.652. The van der Waals surface area contributed by atoms with E-state index in [1.165, 1.54) is 0 Å². The van der Waals surface area contributed by atoms with Gasteiger partial charge in [-0.05, 0) is 53.2 Å². The topological polar surface area (TPSA) is 43.4 Å². The number of anilines is 1. The van der Waals surface area contributed by atoms with Gasteiger partial charge in [0.05, 0.1) is 17.4 Å². The SMILES string of the molecule is COC(C)(C)CC(C)Nc1cccnc1OC(C)C. The Kier molecular flexibility index (Phi) is 5.60. The molecule has 1 unspecified atom stereocenters. The molecule has 0 spiro atoms. The Hall–Kier alpha value is -1.29. The van der Waals surface area contributed by atoms with E-state index in [4.69, 9.17) is 9.47 Å². The van der Waals surface area contributed by atoms with Crippen LogP contribution in [0.25, 0.3) is 0 Å². The Balaban J connectivity index is 2.71. The van der Waals surface area contributed by atoms with E-state index in [0.29, 0.717) is 5.88 Å². The van der Waals surface area contributed by atoms with Crippen LogP contribution in [0.3, 0.4) is 0 Å². The summed E-state index contributed by atoms with van der Waals surface area (Å²) < 4.78 is 11.2. The van der Waals surface area contributed by atoms with Gasteiger partial charge in [0.25, 0.3) is 0 Å². The van der Waals surface area contributed by atoms with Gasteiger partial charge in [-0.15, -0.1) is 0 Å². The Bertz CT molecular complexity index is 391. The minimum atomic E-state index is -0.145. The van der Waals surface area contributed by atoms with Gasteiger partial charge in [-0.2, -0.15) is 0 Å². The fraction of sp³-hybridized carbons (Fsp3) is 0.667. The van der Waals surface area contributed by atoms with Crippen molar-refractivity contribution in [2.75, 3.05) is 12.4 Å². The molecule has 1 rings (SSSR count). The van der Waals surface area contributed by atoms with Gasteiger partial charge in [0.15, 0.2) is 0 Å². The molecule has 1 aromatic rings. The van der Waals surface area contributed by atoms with Crippen LogP contribution in [0.2, 0.25) is 0 Å². The highest BCUT2D eigenvalue weighted by atomic mass is 16.5. The van der Waals surface area contributed by atoms with Crippen molar-refractivity contribution in [3.05, 3.63) is 18.3 Å². The van der Waals surface area contributed by atoms with Gasteiger partial charge in [-0.3, -0.25) is 0 Å². The van der Waals surface area contributed by atoms with E-state index < -0.39 is 0 Å². The standard InChI is InChI=1S/C15H26N2O2/c1-11(2)19-14-13(8-7-9-16-14)17-12(3)10-15(4,5)18-6/h7-9,11-12,17H,10H2,1-6H3. The Morgan fingerprint density at radius 2 is 2.00 bits per heavy atom. The molecular formula is C15H26N2O2. The molecule has 1 aromatic heterocycles. The third-order valence-electron chi connectivity index (χ3n) is 2.87. The van der Waals surface area contributed by atoms with Crippen LogP contribution in [0.4, 0.5) is 5.69 Å². The highest BCUT2D eigenvalue weighted by Gasteiger charge is 2.21. The van der Waals surface area contributed by atoms with Crippen molar-refractivity contribution in [1.82, 2.24) is 4.98 Å². The van der Waals surface area contributed by atoms with E-state index in [0.717, 1.165) is 12.1 Å². The molecule has 1 N–H and O–H groups in total. The van der Waals surface area contributed by atoms with Crippen LogP contribution in [-0.4, -0.2) is 29.8 Å². The van der Waals surface area contributed by atoms with Crippen LogP contribution in [-0.2, 0) is 4.74 Å². The summed E-state index contributed by atoms with van der Waals surface area (Å²) in [4.78, 5) is 4.27. The molecule has 0 saturated heterocycles. The molecule has 0 aromatic carbocycles. The summed E-state index contributed by atoms with van der Waals surface area (Å²) in [6.07, 6.45) is 2.76. The number of pyridine rings is 1. The molecule has 0 amide bonds. The first kappa shape index (κ1) is 15.8. The lowest BCUT2D eigenvalue weighted by atomic mass is 10.00. The zero-order valence-corrected chi connectivity index (χ0v) is 12.9. The number of hydrogen-bond acceptors (Lipinski definition) is 4. The number of ether oxygens (including phenoxy) is 2. The Labute approximate surface area is 116 Å². The molecule has 0 saturated carbocycles. The smallest absolute Gasteiger partial charge is 0.237 e. The molecule has 4 heteroatoms. The molecule has 0 bridgehead atoms. The van der Waals surface area contributed by atoms with Gasteiger partial charge in [0.2, 0.25) is 5.88 Å². The maximum Gasteiger partial charge on any atom is 0.237 e. The Morgan fingerprint density at radius 3 is 2.58 bits per heavy atom. The van der Waals surface area contributed by atoms with Crippen LogP contribution in [0.1, 0.15) is 41.0 Å². The second-order valence-electron chi connectivity index (χ2n) is 5.74. The van der Waals surface area contributed by atoms with Crippen molar-refractivity contribution in [3.8, 4) is 5.88 Å². The molecule has 0 fully saturated rings. The maximum atomic E-state index is 5.70. The van der Waals surface area contributed by atoms with Crippen LogP contribution in [0.5, 0.6) is 5.88 Å². The third-order valence-corrected chi connectivity index (χ3v) is 2.87. The van der Waals surface area contributed by atoms with Crippen LogP contribution >= 0.6 is 0 Å². The van der Waals surface area contributed by atoms with E-state index >= 15 is 0 Å². The van der Waals surface area contributed by atoms with Crippen molar-refractivity contribution in [2.24, 2.45) is 0 Å². The molecule has 19 heavy (non-hydrogen) atoms. The quantitative estimate of drug-likeness (QED) is 0.820. The summed E-state index contributed by atoms with van der Waals surface area (Å²) in [7, 11) is 1.74. The predicted octanol–water partition coefficient (Wildman–Crippen LogP) is 3.48. The summed E-state index contributed by atoms with van der Waals surface area (Å²) >= 11 is 0. The normalized spacial score (nSPS) is 13.4. The van der Waals surface area contributed by atoms with Crippen molar-refractivity contribution in [1.29, 1.82) is 0 Å². The fourth-order valence-electron chi connectivity index (χ4n) is 1.96. The first-order valence-electron chi connectivity index (χ1n) is 6.77. The van der Waals surface area contributed by atoms with Gasteiger partial charge in [0, 0.05) is 19.3 Å². The average Bonchev–Trinajstić information content (AvgIpc) is 2.30. The van der Waals surface area contributed by atoms with Crippen LogP contribution < -0.4 is 10.1 Å². The Morgan fingerprint density at radius 1 is 1.32 bits per heavy atom. The monoisotopic (exact) mass is 266 g/mol. The third kappa shape index (κ3) is 5.47. The number of nitrogens with one attached hydrogen (secondary N) is 1. The predicted molar refractivity (Wildman–Crippen MR) is 78.8 cm³/mol. The molecule has 0 aliphatic carbocycles. The summed E-state index contributed by atoms with van der Waals surface area (Å²) in [6.45, 7) is 10.3. The van der Waals surface area contributed by atoms with E-state index in [-0.39, 0.29) is 17.7 Å². The minimum absolute atomic E-state index is 0.112. The number of aromatic nitrogens is 1. The van der Waals surface area contributed by atoms with Crippen LogP contribution in [0, 0.1) is 0 Å². The first-order valence-corrected chi connectivity index (χ1v) is 6.77. The second kappa shape index (κ2) is 6.75. The van der Waals surface area contributed by atoms with Crippen LogP contribution in [0.15, 0.2) is 18.3 Å². The van der Waals surface area contributed by atoms with Gasteiger partial charge < -0.3 is 14.8 Å². The molecule has 0 aliphatic heterocycles. The highest BCUT2D eigenvalue weighted by molar-refractivity contribution is 5.52. The minimum Gasteiger partial charge on any atom is -0.473 e. The molecule has 4 nitrogen and oxygen atoms in total. The number of hydrogen-bond donors (Lipinski definition) is 1. The van der Waals surface area contributed by atoms with Crippen molar-refractivity contribution >= 4 is 5.69 Å². The van der Waals surface area contributed by atoms with E-state index in [2.05, 4.69) is 31.1 Å². The average molecular weight is 266 g/mol. The maximum absolute atomic E-state index is 5.70.